The van der Waals surface area contributed by atoms with Crippen LogP contribution in [0.5, 0.6) is 40.2 Å². The summed E-state index contributed by atoms with van der Waals surface area (Å²) in [6.45, 7) is 12.3. The molecule has 4 aromatic carbocycles. The first-order valence-electron chi connectivity index (χ1n) is 22.7. The van der Waals surface area contributed by atoms with Crippen LogP contribution in [0.4, 0.5) is 0 Å². The summed E-state index contributed by atoms with van der Waals surface area (Å²) < 4.78 is 47.8. The Kier molecular flexibility index (Phi) is 26.1. The standard InChI is InChI=1S/C27H32O8.C26H30O7/c1-4-10-26(29)34-21-12-14-22(15-13-21)35-27(30)20-11-16-23(24(19-20)31-3)32-17-8-6-7-9-18-33-25(28)5-2;1-3-9-25(28)32-22-14-16-23(17-15-22)33-26(29)20-10-12-21(13-11-20)30-18-7-5-6-8-19-31-24(27)4-2/h5,11-16,19H,2,4,6-10,17-18H2,1,3H3;4,10-17H,2-3,5-9,18-19H2,1H3. The van der Waals surface area contributed by atoms with Gasteiger partial charge in [0, 0.05) is 25.0 Å². The van der Waals surface area contributed by atoms with Crippen molar-refractivity contribution in [2.75, 3.05) is 33.5 Å². The summed E-state index contributed by atoms with van der Waals surface area (Å²) in [6, 6.07) is 24.2. The second-order valence-electron chi connectivity index (χ2n) is 14.8. The van der Waals surface area contributed by atoms with Crippen molar-refractivity contribution < 1.29 is 71.4 Å². The number of ether oxygens (including phenoxy) is 9. The van der Waals surface area contributed by atoms with E-state index >= 15 is 0 Å². The third kappa shape index (κ3) is 22.2. The highest BCUT2D eigenvalue weighted by atomic mass is 16.6. The Labute approximate surface area is 398 Å². The molecule has 0 aliphatic rings. The van der Waals surface area contributed by atoms with E-state index < -0.39 is 23.9 Å². The Bertz CT molecular complexity index is 2200. The van der Waals surface area contributed by atoms with E-state index in [0.717, 1.165) is 69.9 Å². The first-order chi connectivity index (χ1) is 33.0. The lowest BCUT2D eigenvalue weighted by Crippen LogP contribution is -2.10. The largest absolute Gasteiger partial charge is 0.494 e. The van der Waals surface area contributed by atoms with Crippen LogP contribution >= 0.6 is 0 Å². The number of unbranched alkanes of at least 4 members (excludes halogenated alkanes) is 6. The molecule has 4 aromatic rings. The van der Waals surface area contributed by atoms with Crippen LogP contribution in [0, 0.1) is 0 Å². The fourth-order valence-corrected chi connectivity index (χ4v) is 5.81. The molecule has 0 spiro atoms. The van der Waals surface area contributed by atoms with Gasteiger partial charge in [-0.15, -0.1) is 0 Å². The van der Waals surface area contributed by atoms with E-state index in [2.05, 4.69) is 13.2 Å². The van der Waals surface area contributed by atoms with Crippen LogP contribution in [-0.2, 0) is 28.7 Å². The van der Waals surface area contributed by atoms with Gasteiger partial charge in [0.2, 0.25) is 0 Å². The Morgan fingerprint density at radius 3 is 1.25 bits per heavy atom. The van der Waals surface area contributed by atoms with Gasteiger partial charge in [0.25, 0.3) is 0 Å². The first-order valence-corrected chi connectivity index (χ1v) is 22.7. The number of benzene rings is 4. The molecule has 0 aliphatic carbocycles. The number of carbonyl (C=O) groups excluding carboxylic acids is 6. The average Bonchev–Trinajstić information content (AvgIpc) is 3.34. The lowest BCUT2D eigenvalue weighted by molar-refractivity contribution is -0.138. The number of rotatable bonds is 29. The van der Waals surface area contributed by atoms with Crippen molar-refractivity contribution in [1.82, 2.24) is 0 Å². The SMILES string of the molecule is C=CC(=O)OCCCCCCOc1ccc(C(=O)Oc2ccc(OC(=O)CCC)cc2)cc1.C=CC(=O)OCCCCCCOc1ccc(C(=O)Oc2ccc(OC(=O)CCC)cc2)cc1OC. The number of carbonyl (C=O) groups is 6. The van der Waals surface area contributed by atoms with Crippen LogP contribution < -0.4 is 33.2 Å². The van der Waals surface area contributed by atoms with Crippen molar-refractivity contribution in [3.63, 3.8) is 0 Å². The highest BCUT2D eigenvalue weighted by Gasteiger charge is 2.15. The average molecular weight is 939 g/mol. The van der Waals surface area contributed by atoms with Gasteiger partial charge in [0.05, 0.1) is 44.7 Å². The molecular weight excluding hydrogens is 877 g/mol. The Balaban J connectivity index is 0.000000361. The van der Waals surface area contributed by atoms with Crippen LogP contribution in [0.3, 0.4) is 0 Å². The highest BCUT2D eigenvalue weighted by Crippen LogP contribution is 2.29. The lowest BCUT2D eigenvalue weighted by atomic mass is 10.2. The van der Waals surface area contributed by atoms with Crippen LogP contribution in [-0.4, -0.2) is 69.4 Å². The van der Waals surface area contributed by atoms with E-state index in [4.69, 9.17) is 42.6 Å². The quantitative estimate of drug-likeness (QED) is 0.0216. The van der Waals surface area contributed by atoms with Gasteiger partial charge < -0.3 is 42.6 Å². The predicted molar refractivity (Wildman–Crippen MR) is 254 cm³/mol. The molecule has 0 unspecified atom stereocenters. The molecule has 68 heavy (non-hydrogen) atoms. The molecule has 0 saturated heterocycles. The van der Waals surface area contributed by atoms with Gasteiger partial charge in [-0.3, -0.25) is 9.59 Å². The smallest absolute Gasteiger partial charge is 0.343 e. The maximum absolute atomic E-state index is 12.5. The van der Waals surface area contributed by atoms with Crippen LogP contribution in [0.2, 0.25) is 0 Å². The van der Waals surface area contributed by atoms with Crippen molar-refractivity contribution in [2.45, 2.75) is 90.9 Å². The summed E-state index contributed by atoms with van der Waals surface area (Å²) in [7, 11) is 1.50. The summed E-state index contributed by atoms with van der Waals surface area (Å²) in [4.78, 5) is 69.9. The topological polar surface area (TPSA) is 185 Å². The minimum absolute atomic E-state index is 0.295. The van der Waals surface area contributed by atoms with Crippen molar-refractivity contribution >= 4 is 35.8 Å². The zero-order valence-electron chi connectivity index (χ0n) is 39.2. The number of esters is 6. The predicted octanol–water partition coefficient (Wildman–Crippen LogP) is 10.6. The second kappa shape index (κ2) is 32.3. The van der Waals surface area contributed by atoms with E-state index in [1.54, 1.807) is 91.0 Å². The minimum Gasteiger partial charge on any atom is -0.494 e. The molecule has 0 saturated carbocycles. The van der Waals surface area contributed by atoms with E-state index in [9.17, 15) is 28.8 Å². The van der Waals surface area contributed by atoms with Crippen molar-refractivity contribution in [1.29, 1.82) is 0 Å². The fraction of sp³-hybridized carbons (Fsp3) is 0.358. The molecule has 0 radical (unpaired) electrons. The number of methoxy groups -OCH3 is 1. The Hall–Kier alpha value is -7.42. The van der Waals surface area contributed by atoms with Crippen LogP contribution in [0.15, 0.2) is 116 Å². The molecule has 15 heteroatoms. The summed E-state index contributed by atoms with van der Waals surface area (Å²) in [5.41, 5.74) is 0.705. The van der Waals surface area contributed by atoms with Crippen LogP contribution in [0.25, 0.3) is 0 Å². The first kappa shape index (κ1) is 54.9. The zero-order chi connectivity index (χ0) is 49.4. The molecule has 0 fully saturated rings. The number of hydrogen-bond donors (Lipinski definition) is 0. The highest BCUT2D eigenvalue weighted by molar-refractivity contribution is 5.92. The van der Waals surface area contributed by atoms with Gasteiger partial charge in [-0.1, -0.05) is 27.0 Å². The van der Waals surface area contributed by atoms with Gasteiger partial charge in [-0.05, 0) is 155 Å². The van der Waals surface area contributed by atoms with Crippen molar-refractivity contribution in [3.05, 3.63) is 127 Å². The summed E-state index contributed by atoms with van der Waals surface area (Å²) in [6.07, 6.45) is 11.5. The summed E-state index contributed by atoms with van der Waals surface area (Å²) in [5, 5.41) is 0. The lowest BCUT2D eigenvalue weighted by Gasteiger charge is -2.12. The Morgan fingerprint density at radius 2 is 0.824 bits per heavy atom. The van der Waals surface area contributed by atoms with E-state index in [1.165, 1.54) is 7.11 Å². The molecule has 364 valence electrons. The van der Waals surface area contributed by atoms with Gasteiger partial charge in [-0.2, -0.15) is 0 Å². The Morgan fingerprint density at radius 1 is 0.441 bits per heavy atom. The monoisotopic (exact) mass is 938 g/mol. The summed E-state index contributed by atoms with van der Waals surface area (Å²) >= 11 is 0. The minimum atomic E-state index is -0.553. The molecule has 0 heterocycles. The normalized spacial score (nSPS) is 10.2. The van der Waals surface area contributed by atoms with Crippen molar-refractivity contribution in [3.8, 4) is 40.2 Å². The van der Waals surface area contributed by atoms with E-state index in [-0.39, 0.29) is 11.9 Å². The van der Waals surface area contributed by atoms with Crippen LogP contribution in [0.1, 0.15) is 112 Å². The van der Waals surface area contributed by atoms with Gasteiger partial charge in [0.1, 0.15) is 28.7 Å². The second-order valence-corrected chi connectivity index (χ2v) is 14.8. The molecular formula is C53H62O15. The summed E-state index contributed by atoms with van der Waals surface area (Å²) in [5.74, 6) is 0.656. The van der Waals surface area contributed by atoms with E-state index in [1.807, 2.05) is 13.8 Å². The molecule has 0 atom stereocenters. The molecule has 0 aliphatic heterocycles. The van der Waals surface area contributed by atoms with Gasteiger partial charge in [0.15, 0.2) is 11.5 Å². The molecule has 0 bridgehead atoms. The third-order valence-electron chi connectivity index (χ3n) is 9.36. The molecule has 0 N–H and O–H groups in total. The zero-order valence-corrected chi connectivity index (χ0v) is 39.2. The molecule has 4 rings (SSSR count). The molecule has 15 nitrogen and oxygen atoms in total. The maximum atomic E-state index is 12.5. The molecule has 0 aromatic heterocycles. The molecule has 0 amide bonds. The van der Waals surface area contributed by atoms with E-state index in [0.29, 0.717) is 97.1 Å². The van der Waals surface area contributed by atoms with Crippen molar-refractivity contribution in [2.24, 2.45) is 0 Å². The maximum Gasteiger partial charge on any atom is 0.343 e. The number of hydrogen-bond acceptors (Lipinski definition) is 15. The van der Waals surface area contributed by atoms with Gasteiger partial charge in [-0.25, -0.2) is 19.2 Å². The fourth-order valence-electron chi connectivity index (χ4n) is 5.81. The van der Waals surface area contributed by atoms with Gasteiger partial charge >= 0.3 is 35.8 Å². The third-order valence-corrected chi connectivity index (χ3v) is 9.36.